The third kappa shape index (κ3) is 3.48. The number of halogens is 2. The van der Waals surface area contributed by atoms with Crippen LogP contribution in [0.15, 0.2) is 53.0 Å². The summed E-state index contributed by atoms with van der Waals surface area (Å²) < 4.78 is 0.992. The van der Waals surface area contributed by atoms with Crippen molar-refractivity contribution in [2.24, 2.45) is 0 Å². The standard InChI is InChI=1S/C14H13BrClNO/c15-11-4-1-3-10(7-11)14(9-18)17-13-6-2-5-12(16)8-13/h1-8,14,17-18H,9H2. The first-order valence-electron chi connectivity index (χ1n) is 5.57. The quantitative estimate of drug-likeness (QED) is 0.880. The predicted octanol–water partition coefficient (Wildman–Crippen LogP) is 4.25. The Morgan fingerprint density at radius 2 is 1.94 bits per heavy atom. The van der Waals surface area contributed by atoms with Gasteiger partial charge in [0.2, 0.25) is 0 Å². The number of hydrogen-bond acceptors (Lipinski definition) is 2. The van der Waals surface area contributed by atoms with Crippen molar-refractivity contribution in [1.29, 1.82) is 0 Å². The summed E-state index contributed by atoms with van der Waals surface area (Å²) in [7, 11) is 0. The number of nitrogens with one attached hydrogen (secondary N) is 1. The highest BCUT2D eigenvalue weighted by Crippen LogP contribution is 2.23. The van der Waals surface area contributed by atoms with Gasteiger partial charge >= 0.3 is 0 Å². The van der Waals surface area contributed by atoms with Crippen molar-refractivity contribution in [1.82, 2.24) is 0 Å². The smallest absolute Gasteiger partial charge is 0.0745 e. The molecule has 0 amide bonds. The van der Waals surface area contributed by atoms with Crippen LogP contribution in [0.25, 0.3) is 0 Å². The number of aliphatic hydroxyl groups excluding tert-OH is 1. The summed E-state index contributed by atoms with van der Waals surface area (Å²) in [5.74, 6) is 0. The molecule has 0 aliphatic rings. The van der Waals surface area contributed by atoms with Crippen LogP contribution in [0, 0.1) is 0 Å². The summed E-state index contributed by atoms with van der Waals surface area (Å²) in [6.45, 7) is 0.0168. The molecule has 0 aliphatic carbocycles. The van der Waals surface area contributed by atoms with Crippen molar-refractivity contribution in [3.05, 3.63) is 63.6 Å². The Balaban J connectivity index is 2.19. The second kappa shape index (κ2) is 6.23. The lowest BCUT2D eigenvalue weighted by molar-refractivity contribution is 0.276. The Bertz CT molecular complexity index is 533. The third-order valence-corrected chi connectivity index (χ3v) is 3.33. The van der Waals surface area contributed by atoms with E-state index >= 15 is 0 Å². The molecule has 0 saturated carbocycles. The van der Waals surface area contributed by atoms with Crippen molar-refractivity contribution in [3.63, 3.8) is 0 Å². The summed E-state index contributed by atoms with van der Waals surface area (Å²) >= 11 is 9.36. The van der Waals surface area contributed by atoms with E-state index in [1.807, 2.05) is 48.5 Å². The van der Waals surface area contributed by atoms with Crippen LogP contribution in [-0.4, -0.2) is 11.7 Å². The van der Waals surface area contributed by atoms with Crippen LogP contribution < -0.4 is 5.32 Å². The lowest BCUT2D eigenvalue weighted by atomic mass is 10.1. The molecule has 2 aromatic rings. The lowest BCUT2D eigenvalue weighted by Crippen LogP contribution is -2.14. The zero-order valence-electron chi connectivity index (χ0n) is 9.61. The van der Waals surface area contributed by atoms with Gasteiger partial charge in [-0.1, -0.05) is 45.7 Å². The zero-order valence-corrected chi connectivity index (χ0v) is 11.9. The van der Waals surface area contributed by atoms with E-state index in [9.17, 15) is 5.11 Å². The van der Waals surface area contributed by atoms with Crippen molar-refractivity contribution >= 4 is 33.2 Å². The Labute approximate surface area is 120 Å². The fourth-order valence-electron chi connectivity index (χ4n) is 1.74. The zero-order chi connectivity index (χ0) is 13.0. The molecule has 18 heavy (non-hydrogen) atoms. The first-order valence-corrected chi connectivity index (χ1v) is 6.74. The highest BCUT2D eigenvalue weighted by Gasteiger charge is 2.10. The lowest BCUT2D eigenvalue weighted by Gasteiger charge is -2.18. The molecule has 0 fully saturated rings. The molecule has 0 aliphatic heterocycles. The molecule has 2 N–H and O–H groups in total. The van der Waals surface area contributed by atoms with Crippen LogP contribution in [0.1, 0.15) is 11.6 Å². The number of aliphatic hydroxyl groups is 1. The van der Waals surface area contributed by atoms with Crippen molar-refractivity contribution in [2.75, 3.05) is 11.9 Å². The molecule has 0 heterocycles. The summed E-state index contributed by atoms with van der Waals surface area (Å²) in [4.78, 5) is 0. The van der Waals surface area contributed by atoms with Gasteiger partial charge in [-0.2, -0.15) is 0 Å². The molecule has 1 unspecified atom stereocenters. The van der Waals surface area contributed by atoms with E-state index in [4.69, 9.17) is 11.6 Å². The minimum Gasteiger partial charge on any atom is -0.394 e. The fourth-order valence-corrected chi connectivity index (χ4v) is 2.34. The normalized spacial score (nSPS) is 12.2. The molecular weight excluding hydrogens is 314 g/mol. The number of hydrogen-bond donors (Lipinski definition) is 2. The SMILES string of the molecule is OCC(Nc1cccc(Cl)c1)c1cccc(Br)c1. The Morgan fingerprint density at radius 3 is 2.61 bits per heavy atom. The van der Waals surface area contributed by atoms with Gasteiger partial charge < -0.3 is 10.4 Å². The minimum atomic E-state index is -0.152. The maximum absolute atomic E-state index is 9.49. The largest absolute Gasteiger partial charge is 0.394 e. The van der Waals surface area contributed by atoms with E-state index in [2.05, 4.69) is 21.2 Å². The average molecular weight is 327 g/mol. The number of rotatable bonds is 4. The van der Waals surface area contributed by atoms with Gasteiger partial charge in [-0.05, 0) is 35.9 Å². The minimum absolute atomic E-state index is 0.0168. The fraction of sp³-hybridized carbons (Fsp3) is 0.143. The first kappa shape index (κ1) is 13.4. The van der Waals surface area contributed by atoms with Gasteiger partial charge in [0.1, 0.15) is 0 Å². The van der Waals surface area contributed by atoms with Crippen LogP contribution >= 0.6 is 27.5 Å². The number of benzene rings is 2. The van der Waals surface area contributed by atoms with Crippen molar-refractivity contribution in [3.8, 4) is 0 Å². The summed E-state index contributed by atoms with van der Waals surface area (Å²) in [5, 5.41) is 13.4. The van der Waals surface area contributed by atoms with Crippen LogP contribution in [0.4, 0.5) is 5.69 Å². The van der Waals surface area contributed by atoms with E-state index in [1.165, 1.54) is 0 Å². The highest BCUT2D eigenvalue weighted by molar-refractivity contribution is 9.10. The van der Waals surface area contributed by atoms with Crippen LogP contribution in [0.2, 0.25) is 5.02 Å². The topological polar surface area (TPSA) is 32.3 Å². The van der Waals surface area contributed by atoms with Gasteiger partial charge in [-0.3, -0.25) is 0 Å². The van der Waals surface area contributed by atoms with E-state index in [0.717, 1.165) is 15.7 Å². The van der Waals surface area contributed by atoms with Gasteiger partial charge in [0.05, 0.1) is 12.6 Å². The molecule has 2 aromatic carbocycles. The summed E-state index contributed by atoms with van der Waals surface area (Å²) in [5.41, 5.74) is 1.91. The Hall–Kier alpha value is -1.03. The molecule has 2 rings (SSSR count). The van der Waals surface area contributed by atoms with Gasteiger partial charge in [-0.25, -0.2) is 0 Å². The van der Waals surface area contributed by atoms with E-state index < -0.39 is 0 Å². The Kier molecular flexibility index (Phi) is 4.64. The van der Waals surface area contributed by atoms with Gasteiger partial charge in [0.25, 0.3) is 0 Å². The maximum Gasteiger partial charge on any atom is 0.0745 e. The average Bonchev–Trinajstić information content (AvgIpc) is 2.36. The molecule has 94 valence electrons. The molecule has 2 nitrogen and oxygen atoms in total. The highest BCUT2D eigenvalue weighted by atomic mass is 79.9. The van der Waals surface area contributed by atoms with Crippen LogP contribution in [0.5, 0.6) is 0 Å². The molecule has 0 spiro atoms. The van der Waals surface area contributed by atoms with Gasteiger partial charge in [0, 0.05) is 15.2 Å². The molecule has 1 atom stereocenters. The monoisotopic (exact) mass is 325 g/mol. The number of anilines is 1. The molecule has 0 aromatic heterocycles. The molecule has 0 bridgehead atoms. The maximum atomic E-state index is 9.49. The van der Waals surface area contributed by atoms with E-state index in [1.54, 1.807) is 0 Å². The van der Waals surface area contributed by atoms with Gasteiger partial charge in [-0.15, -0.1) is 0 Å². The van der Waals surface area contributed by atoms with Crippen molar-refractivity contribution in [2.45, 2.75) is 6.04 Å². The first-order chi connectivity index (χ1) is 8.69. The molecule has 0 radical (unpaired) electrons. The van der Waals surface area contributed by atoms with Crippen molar-refractivity contribution < 1.29 is 5.11 Å². The van der Waals surface area contributed by atoms with Crippen LogP contribution in [-0.2, 0) is 0 Å². The predicted molar refractivity (Wildman–Crippen MR) is 79.0 cm³/mol. The third-order valence-electron chi connectivity index (χ3n) is 2.60. The molecule has 4 heteroatoms. The summed E-state index contributed by atoms with van der Waals surface area (Å²) in [6.07, 6.45) is 0. The van der Waals surface area contributed by atoms with Gasteiger partial charge in [0.15, 0.2) is 0 Å². The second-order valence-electron chi connectivity index (χ2n) is 3.94. The second-order valence-corrected chi connectivity index (χ2v) is 5.30. The molecular formula is C14H13BrClNO. The van der Waals surface area contributed by atoms with Crippen LogP contribution in [0.3, 0.4) is 0 Å². The Morgan fingerprint density at radius 1 is 1.17 bits per heavy atom. The van der Waals surface area contributed by atoms with E-state index in [-0.39, 0.29) is 12.6 Å². The summed E-state index contributed by atoms with van der Waals surface area (Å²) in [6, 6.07) is 15.2. The molecule has 0 saturated heterocycles. The van der Waals surface area contributed by atoms with E-state index in [0.29, 0.717) is 5.02 Å².